The summed E-state index contributed by atoms with van der Waals surface area (Å²) < 4.78 is 5.28. The highest BCUT2D eigenvalue weighted by Crippen LogP contribution is 2.16. The van der Waals surface area contributed by atoms with Crippen LogP contribution in [0.25, 0.3) is 0 Å². The third kappa shape index (κ3) is 4.47. The minimum Gasteiger partial charge on any atom is -0.381 e. The molecule has 1 unspecified atom stereocenters. The molecule has 2 aliphatic rings. The van der Waals surface area contributed by atoms with Crippen LogP contribution in [0.4, 0.5) is 0 Å². The molecule has 0 aromatic rings. The van der Waals surface area contributed by atoms with Gasteiger partial charge in [-0.15, -0.1) is 0 Å². The van der Waals surface area contributed by atoms with Crippen molar-refractivity contribution in [1.82, 2.24) is 10.2 Å². The maximum absolute atomic E-state index is 12.3. The third-order valence-corrected chi connectivity index (χ3v) is 3.89. The molecule has 21 heavy (non-hydrogen) atoms. The molecule has 1 atom stereocenters. The van der Waals surface area contributed by atoms with Gasteiger partial charge in [-0.25, -0.2) is 0 Å². The lowest BCUT2D eigenvalue weighted by Gasteiger charge is -2.34. The molecule has 2 fully saturated rings. The molecule has 2 aliphatic heterocycles. The molecular formula is C16H24N2O3. The zero-order chi connectivity index (χ0) is 15.2. The first-order valence-electron chi connectivity index (χ1n) is 7.75. The lowest BCUT2D eigenvalue weighted by Crippen LogP contribution is -2.57. The van der Waals surface area contributed by atoms with Crippen molar-refractivity contribution in [2.24, 2.45) is 11.8 Å². The van der Waals surface area contributed by atoms with Crippen molar-refractivity contribution < 1.29 is 14.3 Å². The molecule has 0 aromatic carbocycles. The summed E-state index contributed by atoms with van der Waals surface area (Å²) in [4.78, 5) is 25.9. The van der Waals surface area contributed by atoms with E-state index in [0.29, 0.717) is 25.4 Å². The normalized spacial score (nSPS) is 23.5. The second kappa shape index (κ2) is 7.46. The third-order valence-electron chi connectivity index (χ3n) is 3.89. The summed E-state index contributed by atoms with van der Waals surface area (Å²) in [5, 5.41) is 2.83. The van der Waals surface area contributed by atoms with Gasteiger partial charge in [0.05, 0.1) is 0 Å². The van der Waals surface area contributed by atoms with Crippen LogP contribution in [0, 0.1) is 23.7 Å². The Bertz CT molecular complexity index is 444. The number of carbonyl (C=O) groups excluding carboxylic acids is 2. The number of hydrogen-bond acceptors (Lipinski definition) is 3. The first-order valence-corrected chi connectivity index (χ1v) is 7.75. The van der Waals surface area contributed by atoms with E-state index >= 15 is 0 Å². The molecule has 2 rings (SSSR count). The number of piperazine rings is 1. The van der Waals surface area contributed by atoms with Crippen LogP contribution in [0.15, 0.2) is 0 Å². The van der Waals surface area contributed by atoms with Crippen LogP contribution >= 0.6 is 0 Å². The second-order valence-corrected chi connectivity index (χ2v) is 6.09. The molecule has 0 aliphatic carbocycles. The second-order valence-electron chi connectivity index (χ2n) is 6.09. The van der Waals surface area contributed by atoms with Crippen molar-refractivity contribution in [2.45, 2.75) is 39.2 Å². The average molecular weight is 292 g/mol. The predicted octanol–water partition coefficient (Wildman–Crippen LogP) is 0.790. The van der Waals surface area contributed by atoms with Gasteiger partial charge in [-0.2, -0.15) is 0 Å². The minimum absolute atomic E-state index is 0.0591. The SMILES string of the molecule is CC(C)CC1C(=O)NCCN1C(=O)C#CC1CCOCC1. The van der Waals surface area contributed by atoms with Gasteiger partial charge in [-0.1, -0.05) is 19.8 Å². The van der Waals surface area contributed by atoms with E-state index in [1.807, 2.05) is 0 Å². The first kappa shape index (κ1) is 15.8. The summed E-state index contributed by atoms with van der Waals surface area (Å²) in [7, 11) is 0. The smallest absolute Gasteiger partial charge is 0.299 e. The summed E-state index contributed by atoms with van der Waals surface area (Å²) in [6.07, 6.45) is 2.45. The van der Waals surface area contributed by atoms with Crippen molar-refractivity contribution in [3.63, 3.8) is 0 Å². The fourth-order valence-corrected chi connectivity index (χ4v) is 2.72. The van der Waals surface area contributed by atoms with Crippen LogP contribution < -0.4 is 5.32 Å². The summed E-state index contributed by atoms with van der Waals surface area (Å²) in [6.45, 7) is 6.60. The maximum atomic E-state index is 12.3. The highest BCUT2D eigenvalue weighted by atomic mass is 16.5. The maximum Gasteiger partial charge on any atom is 0.299 e. The Morgan fingerprint density at radius 1 is 1.43 bits per heavy atom. The first-order chi connectivity index (χ1) is 10.1. The van der Waals surface area contributed by atoms with Gasteiger partial charge < -0.3 is 15.0 Å². The van der Waals surface area contributed by atoms with Crippen LogP contribution in [0.5, 0.6) is 0 Å². The Hall–Kier alpha value is -1.54. The standard InChI is InChI=1S/C16H24N2O3/c1-12(2)11-14-16(20)17-7-8-18(14)15(19)4-3-13-5-9-21-10-6-13/h12-14H,5-11H2,1-2H3,(H,17,20). The molecule has 0 aromatic heterocycles. The number of rotatable bonds is 2. The van der Waals surface area contributed by atoms with Gasteiger partial charge in [-0.05, 0) is 31.1 Å². The molecule has 0 bridgehead atoms. The van der Waals surface area contributed by atoms with E-state index < -0.39 is 0 Å². The predicted molar refractivity (Wildman–Crippen MR) is 79.3 cm³/mol. The number of amides is 2. The molecule has 0 saturated carbocycles. The molecular weight excluding hydrogens is 268 g/mol. The van der Waals surface area contributed by atoms with Crippen molar-refractivity contribution in [3.8, 4) is 11.8 Å². The van der Waals surface area contributed by atoms with Crippen molar-refractivity contribution >= 4 is 11.8 Å². The lowest BCUT2D eigenvalue weighted by atomic mass is 9.99. The van der Waals surface area contributed by atoms with Gasteiger partial charge in [0.25, 0.3) is 5.91 Å². The van der Waals surface area contributed by atoms with Gasteiger partial charge in [0.15, 0.2) is 0 Å². The van der Waals surface area contributed by atoms with Crippen LogP contribution in [0.3, 0.4) is 0 Å². The zero-order valence-corrected chi connectivity index (χ0v) is 12.9. The molecule has 0 radical (unpaired) electrons. The Labute approximate surface area is 126 Å². The quantitative estimate of drug-likeness (QED) is 0.766. The van der Waals surface area contributed by atoms with Crippen molar-refractivity contribution in [2.75, 3.05) is 26.3 Å². The summed E-state index contributed by atoms with van der Waals surface area (Å²) in [5.41, 5.74) is 0. The fourth-order valence-electron chi connectivity index (χ4n) is 2.72. The zero-order valence-electron chi connectivity index (χ0n) is 12.9. The van der Waals surface area contributed by atoms with E-state index in [2.05, 4.69) is 31.0 Å². The molecule has 2 amide bonds. The van der Waals surface area contributed by atoms with Gasteiger partial charge in [0.1, 0.15) is 6.04 Å². The van der Waals surface area contributed by atoms with E-state index in [9.17, 15) is 9.59 Å². The van der Waals surface area contributed by atoms with E-state index in [1.54, 1.807) is 4.90 Å². The molecule has 5 nitrogen and oxygen atoms in total. The molecule has 2 saturated heterocycles. The number of nitrogens with zero attached hydrogens (tertiary/aromatic N) is 1. The van der Waals surface area contributed by atoms with E-state index in [1.165, 1.54) is 0 Å². The van der Waals surface area contributed by atoms with Crippen LogP contribution in [0.2, 0.25) is 0 Å². The van der Waals surface area contributed by atoms with Crippen molar-refractivity contribution in [1.29, 1.82) is 0 Å². The van der Waals surface area contributed by atoms with Crippen LogP contribution in [-0.4, -0.2) is 49.1 Å². The summed E-state index contributed by atoms with van der Waals surface area (Å²) in [5.74, 6) is 6.12. The lowest BCUT2D eigenvalue weighted by molar-refractivity contribution is -0.140. The topological polar surface area (TPSA) is 58.6 Å². The largest absolute Gasteiger partial charge is 0.381 e. The fraction of sp³-hybridized carbons (Fsp3) is 0.750. The summed E-state index contributed by atoms with van der Waals surface area (Å²) >= 11 is 0. The Morgan fingerprint density at radius 3 is 2.81 bits per heavy atom. The molecule has 2 heterocycles. The van der Waals surface area contributed by atoms with Gasteiger partial charge >= 0.3 is 0 Å². The number of ether oxygens (including phenoxy) is 1. The number of hydrogen-bond donors (Lipinski definition) is 1. The van der Waals surface area contributed by atoms with Gasteiger partial charge in [0.2, 0.25) is 5.91 Å². The Kier molecular flexibility index (Phi) is 5.63. The van der Waals surface area contributed by atoms with Crippen LogP contribution in [0.1, 0.15) is 33.1 Å². The van der Waals surface area contributed by atoms with Gasteiger partial charge in [-0.3, -0.25) is 9.59 Å². The van der Waals surface area contributed by atoms with E-state index in [0.717, 1.165) is 26.1 Å². The van der Waals surface area contributed by atoms with E-state index in [4.69, 9.17) is 4.74 Å². The highest BCUT2D eigenvalue weighted by Gasteiger charge is 2.32. The number of nitrogens with one attached hydrogen (secondary N) is 1. The average Bonchev–Trinajstić information content (AvgIpc) is 2.47. The monoisotopic (exact) mass is 292 g/mol. The summed E-state index contributed by atoms with van der Waals surface area (Å²) in [6, 6.07) is -0.379. The van der Waals surface area contributed by atoms with Crippen molar-refractivity contribution in [3.05, 3.63) is 0 Å². The Balaban J connectivity index is 2.01. The van der Waals surface area contributed by atoms with Gasteiger partial charge in [0, 0.05) is 32.2 Å². The molecule has 0 spiro atoms. The van der Waals surface area contributed by atoms with E-state index in [-0.39, 0.29) is 23.8 Å². The Morgan fingerprint density at radius 2 is 2.14 bits per heavy atom. The minimum atomic E-state index is -0.379. The highest BCUT2D eigenvalue weighted by molar-refractivity contribution is 5.97. The molecule has 5 heteroatoms. The van der Waals surface area contributed by atoms with Crippen LogP contribution in [-0.2, 0) is 14.3 Å². The number of carbonyl (C=O) groups is 2. The molecule has 116 valence electrons. The molecule has 1 N–H and O–H groups in total.